The van der Waals surface area contributed by atoms with Crippen LogP contribution in [0.4, 0.5) is 5.69 Å². The van der Waals surface area contributed by atoms with Crippen molar-refractivity contribution in [1.82, 2.24) is 0 Å². The van der Waals surface area contributed by atoms with Gasteiger partial charge in [0.2, 0.25) is 0 Å². The average Bonchev–Trinajstić information content (AvgIpc) is 2.74. The van der Waals surface area contributed by atoms with Crippen LogP contribution in [0.5, 0.6) is 5.75 Å². The van der Waals surface area contributed by atoms with Crippen LogP contribution in [-0.4, -0.2) is 5.91 Å². The van der Waals surface area contributed by atoms with E-state index in [1.807, 2.05) is 67.6 Å². The Morgan fingerprint density at radius 1 is 1.23 bits per heavy atom. The molecule has 3 aromatic carbocycles. The van der Waals surface area contributed by atoms with Crippen molar-refractivity contribution in [2.45, 2.75) is 13.5 Å². The second kappa shape index (κ2) is 10.8. The average molecular weight is 608 g/mol. The van der Waals surface area contributed by atoms with Crippen molar-refractivity contribution in [2.75, 3.05) is 5.32 Å². The van der Waals surface area contributed by atoms with E-state index in [9.17, 15) is 10.1 Å². The number of benzene rings is 3. The molecule has 0 aliphatic carbocycles. The van der Waals surface area contributed by atoms with Gasteiger partial charge in [-0.2, -0.15) is 5.26 Å². The van der Waals surface area contributed by atoms with E-state index in [2.05, 4.69) is 43.8 Å². The third-order valence-corrected chi connectivity index (χ3v) is 6.03. The van der Waals surface area contributed by atoms with Gasteiger partial charge in [0.1, 0.15) is 24.0 Å². The van der Waals surface area contributed by atoms with Gasteiger partial charge in [0.05, 0.1) is 8.04 Å². The van der Waals surface area contributed by atoms with Gasteiger partial charge in [-0.15, -0.1) is 0 Å². The Morgan fingerprint density at radius 2 is 1.94 bits per heavy atom. The first-order valence-corrected chi connectivity index (χ1v) is 11.5. The predicted octanol–water partition coefficient (Wildman–Crippen LogP) is 7.14. The van der Waals surface area contributed by atoms with Gasteiger partial charge >= 0.3 is 0 Å². The zero-order valence-corrected chi connectivity index (χ0v) is 21.0. The molecule has 0 bridgehead atoms. The minimum absolute atomic E-state index is 0.0146. The van der Waals surface area contributed by atoms with Crippen molar-refractivity contribution >= 4 is 67.8 Å². The Morgan fingerprint density at radius 3 is 2.58 bits per heavy atom. The molecule has 0 aromatic heterocycles. The second-order valence-electron chi connectivity index (χ2n) is 6.67. The monoisotopic (exact) mass is 606 g/mol. The van der Waals surface area contributed by atoms with Crippen LogP contribution in [0, 0.1) is 21.8 Å². The molecule has 0 fully saturated rings. The smallest absolute Gasteiger partial charge is 0.266 e. The molecule has 0 aliphatic heterocycles. The van der Waals surface area contributed by atoms with Gasteiger partial charge in [0, 0.05) is 10.7 Å². The number of ether oxygens (including phenoxy) is 1. The summed E-state index contributed by atoms with van der Waals surface area (Å²) in [6, 6.07) is 20.5. The Balaban J connectivity index is 1.78. The normalized spacial score (nSPS) is 11.0. The van der Waals surface area contributed by atoms with Crippen molar-refractivity contribution in [3.05, 3.63) is 96.0 Å². The topological polar surface area (TPSA) is 62.1 Å². The van der Waals surface area contributed by atoms with E-state index in [-0.39, 0.29) is 5.57 Å². The molecule has 3 aromatic rings. The highest BCUT2D eigenvalue weighted by Gasteiger charge is 2.13. The number of nitrogens with one attached hydrogen (secondary N) is 1. The number of carbonyl (C=O) groups is 1. The number of carbonyl (C=O) groups excluding carboxylic acids is 1. The molecule has 0 atom stereocenters. The Bertz CT molecular complexity index is 1160. The summed E-state index contributed by atoms with van der Waals surface area (Å²) in [7, 11) is 0. The van der Waals surface area contributed by atoms with Gasteiger partial charge in [0.25, 0.3) is 5.91 Å². The molecular weight excluding hydrogens is 591 g/mol. The zero-order chi connectivity index (χ0) is 22.4. The first-order chi connectivity index (χ1) is 14.9. The van der Waals surface area contributed by atoms with E-state index in [0.29, 0.717) is 28.6 Å². The number of nitrogens with zero attached hydrogens (tertiary/aromatic N) is 1. The van der Waals surface area contributed by atoms with Gasteiger partial charge in [-0.25, -0.2) is 0 Å². The van der Waals surface area contributed by atoms with Crippen LogP contribution in [0.25, 0.3) is 6.08 Å². The van der Waals surface area contributed by atoms with Crippen LogP contribution >= 0.6 is 50.1 Å². The molecule has 0 saturated heterocycles. The minimum Gasteiger partial charge on any atom is -0.487 e. The van der Waals surface area contributed by atoms with Crippen LogP contribution < -0.4 is 10.1 Å². The number of amides is 1. The summed E-state index contributed by atoms with van der Waals surface area (Å²) < 4.78 is 7.54. The quantitative estimate of drug-likeness (QED) is 0.184. The molecule has 0 unspecified atom stereocenters. The lowest BCUT2D eigenvalue weighted by atomic mass is 10.1. The van der Waals surface area contributed by atoms with E-state index in [4.69, 9.17) is 16.3 Å². The molecule has 7 heteroatoms. The molecule has 1 N–H and O–H groups in total. The fourth-order valence-corrected chi connectivity index (χ4v) is 4.65. The van der Waals surface area contributed by atoms with Crippen LogP contribution in [0.2, 0.25) is 5.02 Å². The van der Waals surface area contributed by atoms with Crippen LogP contribution in [0.1, 0.15) is 16.7 Å². The lowest BCUT2D eigenvalue weighted by molar-refractivity contribution is -0.112. The standard InChI is InChI=1S/C24H17BrClIN2O2/c1-15-4-2-3-5-22(15)29-24(30)18(13-28)10-17-11-20(25)23(21(27)12-17)31-14-16-6-8-19(26)9-7-16/h2-12H,14H2,1H3,(H,29,30)/b18-10-. The van der Waals surface area contributed by atoms with Crippen LogP contribution in [-0.2, 0) is 11.4 Å². The highest BCUT2D eigenvalue weighted by molar-refractivity contribution is 14.1. The summed E-state index contributed by atoms with van der Waals surface area (Å²) in [4.78, 5) is 12.6. The summed E-state index contributed by atoms with van der Waals surface area (Å²) in [5.74, 6) is 0.238. The maximum absolute atomic E-state index is 12.6. The molecule has 3 rings (SSSR count). The summed E-state index contributed by atoms with van der Waals surface area (Å²) in [5, 5.41) is 13.0. The number of aryl methyl sites for hydroxylation is 1. The number of hydrogen-bond acceptors (Lipinski definition) is 3. The summed E-state index contributed by atoms with van der Waals surface area (Å²) >= 11 is 11.6. The molecule has 0 heterocycles. The van der Waals surface area contributed by atoms with E-state index < -0.39 is 5.91 Å². The summed E-state index contributed by atoms with van der Waals surface area (Å²) in [6.07, 6.45) is 1.56. The summed E-state index contributed by atoms with van der Waals surface area (Å²) in [6.45, 7) is 2.29. The van der Waals surface area contributed by atoms with Crippen molar-refractivity contribution in [3.63, 3.8) is 0 Å². The molecule has 0 aliphatic rings. The van der Waals surface area contributed by atoms with Crippen LogP contribution in [0.3, 0.4) is 0 Å². The Labute approximate surface area is 208 Å². The molecule has 1 amide bonds. The SMILES string of the molecule is Cc1ccccc1NC(=O)/C(C#N)=C\c1cc(Br)c(OCc2ccc(Cl)cc2)c(I)c1. The fourth-order valence-electron chi connectivity index (χ4n) is 2.75. The van der Waals surface area contributed by atoms with Crippen molar-refractivity contribution < 1.29 is 9.53 Å². The Kier molecular flexibility index (Phi) is 8.13. The van der Waals surface area contributed by atoms with Gasteiger partial charge < -0.3 is 10.1 Å². The minimum atomic E-state index is -0.453. The first-order valence-electron chi connectivity index (χ1n) is 9.22. The van der Waals surface area contributed by atoms with Gasteiger partial charge in [-0.3, -0.25) is 4.79 Å². The van der Waals surface area contributed by atoms with Crippen LogP contribution in [0.15, 0.2) is 70.7 Å². The third kappa shape index (κ3) is 6.33. The van der Waals surface area contributed by atoms with Gasteiger partial charge in [-0.1, -0.05) is 41.9 Å². The maximum Gasteiger partial charge on any atom is 0.266 e. The lowest BCUT2D eigenvalue weighted by Gasteiger charge is -2.12. The fraction of sp³-hybridized carbons (Fsp3) is 0.0833. The first kappa shape index (κ1) is 23.3. The van der Waals surface area contributed by atoms with E-state index in [0.717, 1.165) is 19.2 Å². The number of anilines is 1. The number of halogens is 3. The lowest BCUT2D eigenvalue weighted by Crippen LogP contribution is -2.14. The van der Waals surface area contributed by atoms with Crippen molar-refractivity contribution in [1.29, 1.82) is 5.26 Å². The predicted molar refractivity (Wildman–Crippen MR) is 136 cm³/mol. The number of hydrogen-bond donors (Lipinski definition) is 1. The molecule has 31 heavy (non-hydrogen) atoms. The maximum atomic E-state index is 12.6. The largest absolute Gasteiger partial charge is 0.487 e. The number of rotatable bonds is 6. The number of nitriles is 1. The van der Waals surface area contributed by atoms with E-state index in [1.165, 1.54) is 0 Å². The second-order valence-corrected chi connectivity index (χ2v) is 9.12. The molecule has 0 spiro atoms. The Hall–Kier alpha value is -2.34. The van der Waals surface area contributed by atoms with Gasteiger partial charge in [0.15, 0.2) is 0 Å². The molecule has 4 nitrogen and oxygen atoms in total. The molecular formula is C24H17BrClIN2O2. The summed E-state index contributed by atoms with van der Waals surface area (Å²) in [5.41, 5.74) is 3.33. The molecule has 156 valence electrons. The molecule has 0 saturated carbocycles. The highest BCUT2D eigenvalue weighted by Crippen LogP contribution is 2.33. The molecule has 0 radical (unpaired) electrons. The zero-order valence-electron chi connectivity index (χ0n) is 16.5. The van der Waals surface area contributed by atoms with Gasteiger partial charge in [-0.05, 0) is 98.5 Å². The highest BCUT2D eigenvalue weighted by atomic mass is 127. The van der Waals surface area contributed by atoms with Crippen molar-refractivity contribution in [2.24, 2.45) is 0 Å². The van der Waals surface area contributed by atoms with Crippen molar-refractivity contribution in [3.8, 4) is 11.8 Å². The van der Waals surface area contributed by atoms with E-state index in [1.54, 1.807) is 12.1 Å². The number of para-hydroxylation sites is 1. The van der Waals surface area contributed by atoms with E-state index >= 15 is 0 Å². The third-order valence-electron chi connectivity index (χ3n) is 4.39.